The van der Waals surface area contributed by atoms with Gasteiger partial charge in [0.2, 0.25) is 5.96 Å². The van der Waals surface area contributed by atoms with E-state index in [1.165, 1.54) is 19.3 Å². The van der Waals surface area contributed by atoms with E-state index >= 15 is 0 Å². The van der Waals surface area contributed by atoms with Crippen molar-refractivity contribution in [2.24, 2.45) is 22.7 Å². The van der Waals surface area contributed by atoms with Crippen molar-refractivity contribution in [2.75, 3.05) is 13.1 Å². The molecule has 1 saturated carbocycles. The van der Waals surface area contributed by atoms with Crippen LogP contribution in [0, 0.1) is 11.8 Å². The molecule has 1 aliphatic carbocycles. The Balaban J connectivity index is 1.99. The molecule has 4 heteroatoms. The summed E-state index contributed by atoms with van der Waals surface area (Å²) < 4.78 is 0. The van der Waals surface area contributed by atoms with Crippen LogP contribution in [0.5, 0.6) is 0 Å². The van der Waals surface area contributed by atoms with Crippen molar-refractivity contribution in [3.8, 4) is 0 Å². The zero-order valence-electron chi connectivity index (χ0n) is 7.11. The Kier molecular flexibility index (Phi) is 1.83. The number of hydrogen-bond donors (Lipinski definition) is 2. The first-order chi connectivity index (χ1) is 5.81. The van der Waals surface area contributed by atoms with Gasteiger partial charge in [0.1, 0.15) is 0 Å². The fourth-order valence-electron chi connectivity index (χ4n) is 2.49. The highest BCUT2D eigenvalue weighted by atomic mass is 16.4. The molecule has 0 bridgehead atoms. The quantitative estimate of drug-likeness (QED) is 0.239. The lowest BCUT2D eigenvalue weighted by molar-refractivity contribution is 0.302. The molecule has 0 aromatic heterocycles. The van der Waals surface area contributed by atoms with Crippen molar-refractivity contribution in [3.63, 3.8) is 0 Å². The summed E-state index contributed by atoms with van der Waals surface area (Å²) in [6.45, 7) is 1.97. The Bertz CT molecular complexity index is 192. The van der Waals surface area contributed by atoms with E-state index in [1.54, 1.807) is 0 Å². The van der Waals surface area contributed by atoms with E-state index in [9.17, 15) is 0 Å². The summed E-state index contributed by atoms with van der Waals surface area (Å²) in [6, 6.07) is 0. The monoisotopic (exact) mass is 169 g/mol. The number of rotatable bonds is 0. The molecule has 4 nitrogen and oxygen atoms in total. The lowest BCUT2D eigenvalue weighted by Gasteiger charge is -2.15. The van der Waals surface area contributed by atoms with Crippen molar-refractivity contribution >= 4 is 5.96 Å². The molecule has 2 rings (SSSR count). The van der Waals surface area contributed by atoms with Gasteiger partial charge in [-0.1, -0.05) is 11.6 Å². The zero-order chi connectivity index (χ0) is 8.55. The van der Waals surface area contributed by atoms with Crippen molar-refractivity contribution in [2.45, 2.75) is 19.3 Å². The molecule has 1 saturated heterocycles. The summed E-state index contributed by atoms with van der Waals surface area (Å²) in [4.78, 5) is 1.98. The average molecular weight is 169 g/mol. The van der Waals surface area contributed by atoms with Crippen LogP contribution in [0.4, 0.5) is 0 Å². The summed E-state index contributed by atoms with van der Waals surface area (Å²) in [5.74, 6) is 1.87. The molecule has 2 fully saturated rings. The molecule has 2 unspecified atom stereocenters. The Morgan fingerprint density at radius 1 is 1.33 bits per heavy atom. The number of fused-ring (bicyclic) bond motifs is 1. The molecular weight excluding hydrogens is 154 g/mol. The van der Waals surface area contributed by atoms with Crippen LogP contribution in [0.25, 0.3) is 0 Å². The number of guanidine groups is 1. The highest BCUT2D eigenvalue weighted by Gasteiger charge is 2.36. The second-order valence-electron chi connectivity index (χ2n) is 3.81. The Labute approximate surface area is 72.0 Å². The molecule has 0 radical (unpaired) electrons. The van der Waals surface area contributed by atoms with Gasteiger partial charge in [-0.15, -0.1) is 0 Å². The largest absolute Gasteiger partial charge is 0.408 e. The van der Waals surface area contributed by atoms with Gasteiger partial charge in [-0.3, -0.25) is 0 Å². The maximum absolute atomic E-state index is 8.48. The van der Waals surface area contributed by atoms with Crippen LogP contribution >= 0.6 is 0 Å². The number of hydrogen-bond acceptors (Lipinski definition) is 2. The third-order valence-corrected chi connectivity index (χ3v) is 3.15. The number of oxime groups is 1. The second-order valence-corrected chi connectivity index (χ2v) is 3.81. The average Bonchev–Trinajstić information content (AvgIpc) is 2.60. The topological polar surface area (TPSA) is 61.9 Å². The van der Waals surface area contributed by atoms with Gasteiger partial charge in [0.05, 0.1) is 0 Å². The van der Waals surface area contributed by atoms with Gasteiger partial charge in [0, 0.05) is 13.1 Å². The van der Waals surface area contributed by atoms with E-state index in [-0.39, 0.29) is 5.96 Å². The van der Waals surface area contributed by atoms with Crippen LogP contribution < -0.4 is 5.73 Å². The summed E-state index contributed by atoms with van der Waals surface area (Å²) >= 11 is 0. The maximum Gasteiger partial charge on any atom is 0.233 e. The van der Waals surface area contributed by atoms with E-state index in [2.05, 4.69) is 5.16 Å². The summed E-state index contributed by atoms with van der Waals surface area (Å²) in [5, 5.41) is 11.5. The molecule has 0 spiro atoms. The minimum absolute atomic E-state index is 0.282. The lowest BCUT2D eigenvalue weighted by Crippen LogP contribution is -2.35. The van der Waals surface area contributed by atoms with Crippen molar-refractivity contribution in [3.05, 3.63) is 0 Å². The summed E-state index contributed by atoms with van der Waals surface area (Å²) in [5.41, 5.74) is 5.51. The first kappa shape index (κ1) is 7.71. The van der Waals surface area contributed by atoms with E-state index in [0.29, 0.717) is 0 Å². The predicted molar refractivity (Wildman–Crippen MR) is 45.8 cm³/mol. The number of nitrogens with two attached hydrogens (primary N) is 1. The molecular formula is C8H15N3O. The van der Waals surface area contributed by atoms with Gasteiger partial charge in [0.15, 0.2) is 0 Å². The zero-order valence-corrected chi connectivity index (χ0v) is 7.11. The van der Waals surface area contributed by atoms with Crippen LogP contribution in [0.1, 0.15) is 19.3 Å². The Morgan fingerprint density at radius 3 is 2.42 bits per heavy atom. The SMILES string of the molecule is NC(=NO)N1CC2CCCC2C1. The van der Waals surface area contributed by atoms with Crippen LogP contribution in [0.2, 0.25) is 0 Å². The molecule has 2 atom stereocenters. The van der Waals surface area contributed by atoms with Gasteiger partial charge in [-0.25, -0.2) is 0 Å². The van der Waals surface area contributed by atoms with Gasteiger partial charge in [-0.2, -0.15) is 0 Å². The standard InChI is InChI=1S/C8H15N3O/c9-8(10-12)11-4-6-2-1-3-7(6)5-11/h6-7,12H,1-5H2,(H2,9,10). The lowest BCUT2D eigenvalue weighted by atomic mass is 10.0. The first-order valence-electron chi connectivity index (χ1n) is 4.53. The minimum Gasteiger partial charge on any atom is -0.408 e. The van der Waals surface area contributed by atoms with Crippen LogP contribution in [0.3, 0.4) is 0 Å². The van der Waals surface area contributed by atoms with Crippen molar-refractivity contribution in [1.82, 2.24) is 4.90 Å². The third kappa shape index (κ3) is 1.11. The van der Waals surface area contributed by atoms with E-state index in [1.807, 2.05) is 4.90 Å². The highest BCUT2D eigenvalue weighted by Crippen LogP contribution is 2.37. The van der Waals surface area contributed by atoms with E-state index in [0.717, 1.165) is 24.9 Å². The van der Waals surface area contributed by atoms with Crippen LogP contribution in [-0.4, -0.2) is 29.2 Å². The van der Waals surface area contributed by atoms with Crippen LogP contribution in [0.15, 0.2) is 5.16 Å². The van der Waals surface area contributed by atoms with Gasteiger partial charge < -0.3 is 15.8 Å². The van der Waals surface area contributed by atoms with Crippen molar-refractivity contribution in [1.29, 1.82) is 0 Å². The number of nitrogens with zero attached hydrogens (tertiary/aromatic N) is 2. The molecule has 0 aromatic rings. The molecule has 2 aliphatic rings. The molecule has 12 heavy (non-hydrogen) atoms. The number of likely N-dealkylation sites (tertiary alicyclic amines) is 1. The normalized spacial score (nSPS) is 35.7. The Hall–Kier alpha value is -0.930. The van der Waals surface area contributed by atoms with Crippen LogP contribution in [-0.2, 0) is 0 Å². The van der Waals surface area contributed by atoms with Gasteiger partial charge >= 0.3 is 0 Å². The smallest absolute Gasteiger partial charge is 0.233 e. The summed E-state index contributed by atoms with van der Waals surface area (Å²) in [6.07, 6.45) is 4.00. The Morgan fingerprint density at radius 2 is 1.92 bits per heavy atom. The maximum atomic E-state index is 8.48. The summed E-state index contributed by atoms with van der Waals surface area (Å²) in [7, 11) is 0. The fourth-order valence-corrected chi connectivity index (χ4v) is 2.49. The second kappa shape index (κ2) is 2.84. The van der Waals surface area contributed by atoms with Gasteiger partial charge in [-0.05, 0) is 24.7 Å². The molecule has 0 aromatic carbocycles. The molecule has 3 N–H and O–H groups in total. The molecule has 68 valence electrons. The van der Waals surface area contributed by atoms with Gasteiger partial charge in [0.25, 0.3) is 0 Å². The fraction of sp³-hybridized carbons (Fsp3) is 0.875. The van der Waals surface area contributed by atoms with Crippen molar-refractivity contribution < 1.29 is 5.21 Å². The molecule has 1 heterocycles. The highest BCUT2D eigenvalue weighted by molar-refractivity contribution is 5.77. The first-order valence-corrected chi connectivity index (χ1v) is 4.53. The predicted octanol–water partition coefficient (Wildman–Crippen LogP) is 0.422. The third-order valence-electron chi connectivity index (χ3n) is 3.15. The molecule has 1 aliphatic heterocycles. The molecule has 0 amide bonds. The van der Waals surface area contributed by atoms with E-state index in [4.69, 9.17) is 10.9 Å². The van der Waals surface area contributed by atoms with E-state index < -0.39 is 0 Å². The minimum atomic E-state index is 0.282.